The van der Waals surface area contributed by atoms with Crippen molar-refractivity contribution in [3.63, 3.8) is 0 Å². The second-order valence-electron chi connectivity index (χ2n) is 5.00. The van der Waals surface area contributed by atoms with Crippen LogP contribution in [0.3, 0.4) is 0 Å². The molecule has 0 aliphatic heterocycles. The topological polar surface area (TPSA) is 86.5 Å². The fourth-order valence-electron chi connectivity index (χ4n) is 2.31. The summed E-state index contributed by atoms with van der Waals surface area (Å²) in [7, 11) is 2.86. The van der Waals surface area contributed by atoms with E-state index in [4.69, 9.17) is 4.74 Å². The molecule has 0 aliphatic carbocycles. The molecule has 0 bridgehead atoms. The number of methoxy groups -OCH3 is 2. The van der Waals surface area contributed by atoms with Crippen LogP contribution in [-0.2, 0) is 4.74 Å². The van der Waals surface area contributed by atoms with Crippen LogP contribution in [0.5, 0.6) is 11.5 Å². The van der Waals surface area contributed by atoms with Gasteiger partial charge in [0.25, 0.3) is 0 Å². The van der Waals surface area contributed by atoms with Gasteiger partial charge in [0.2, 0.25) is 0 Å². The lowest BCUT2D eigenvalue weighted by Crippen LogP contribution is -2.01. The normalized spacial score (nSPS) is 10.7. The first kappa shape index (κ1) is 14.8. The highest BCUT2D eigenvalue weighted by molar-refractivity contribution is 5.93. The fraction of sp³-hybridized carbons (Fsp3) is 0.188. The Labute approximate surface area is 132 Å². The van der Waals surface area contributed by atoms with Gasteiger partial charge in [0.15, 0.2) is 0 Å². The number of aryl methyl sites for hydroxylation is 1. The Balaban J connectivity index is 2.10. The monoisotopic (exact) mass is 313 g/mol. The highest BCUT2D eigenvalue weighted by atomic mass is 16.5. The number of carbonyl (C=O) groups is 1. The summed E-state index contributed by atoms with van der Waals surface area (Å²) in [5.74, 6) is 0.140. The van der Waals surface area contributed by atoms with E-state index in [1.54, 1.807) is 24.3 Å². The van der Waals surface area contributed by atoms with Crippen LogP contribution in [0.1, 0.15) is 15.9 Å². The third kappa shape index (κ3) is 2.57. The molecule has 23 heavy (non-hydrogen) atoms. The molecule has 1 N–H and O–H groups in total. The first-order chi connectivity index (χ1) is 11.0. The van der Waals surface area contributed by atoms with Gasteiger partial charge in [0.1, 0.15) is 28.2 Å². The van der Waals surface area contributed by atoms with Crippen LogP contribution in [-0.4, -0.2) is 40.3 Å². The van der Waals surface area contributed by atoms with Crippen LogP contribution in [0.25, 0.3) is 16.7 Å². The Morgan fingerprint density at radius 3 is 2.57 bits per heavy atom. The number of hydrogen-bond donors (Lipinski definition) is 1. The Hall–Kier alpha value is -3.09. The summed E-state index contributed by atoms with van der Waals surface area (Å²) in [5.41, 5.74) is 2.80. The van der Waals surface area contributed by atoms with E-state index in [9.17, 15) is 9.90 Å². The van der Waals surface area contributed by atoms with E-state index in [2.05, 4.69) is 14.9 Å². The third-order valence-electron chi connectivity index (χ3n) is 3.51. The molecule has 7 nitrogen and oxygen atoms in total. The number of nitrogens with zero attached hydrogens (tertiary/aromatic N) is 3. The minimum absolute atomic E-state index is 0.000877. The average molecular weight is 313 g/mol. The molecule has 3 rings (SSSR count). The largest absolute Gasteiger partial charge is 0.505 e. The summed E-state index contributed by atoms with van der Waals surface area (Å²) < 4.78 is 9.86. The predicted octanol–water partition coefficient (Wildman–Crippen LogP) is 2.23. The molecular formula is C16H15N3O4. The van der Waals surface area contributed by atoms with Crippen LogP contribution < -0.4 is 4.74 Å². The van der Waals surface area contributed by atoms with Crippen molar-refractivity contribution in [1.82, 2.24) is 15.0 Å². The van der Waals surface area contributed by atoms with E-state index >= 15 is 0 Å². The maximum Gasteiger partial charge on any atom is 0.337 e. The molecule has 1 heterocycles. The Morgan fingerprint density at radius 2 is 1.87 bits per heavy atom. The molecule has 0 amide bonds. The summed E-state index contributed by atoms with van der Waals surface area (Å²) in [5, 5.41) is 18.8. The fourth-order valence-corrected chi connectivity index (χ4v) is 2.31. The zero-order valence-corrected chi connectivity index (χ0v) is 12.9. The van der Waals surface area contributed by atoms with Gasteiger partial charge in [-0.1, -0.05) is 0 Å². The molecule has 0 radical (unpaired) electrons. The molecule has 0 saturated heterocycles. The van der Waals surface area contributed by atoms with Crippen molar-refractivity contribution >= 4 is 17.0 Å². The molecule has 1 aromatic heterocycles. The second-order valence-corrected chi connectivity index (χ2v) is 5.00. The highest BCUT2D eigenvalue weighted by Gasteiger charge is 2.14. The van der Waals surface area contributed by atoms with Gasteiger partial charge in [-0.15, -0.1) is 15.0 Å². The molecule has 0 aliphatic rings. The van der Waals surface area contributed by atoms with Crippen LogP contribution in [0.15, 0.2) is 30.3 Å². The summed E-state index contributed by atoms with van der Waals surface area (Å²) in [6.45, 7) is 1.86. The van der Waals surface area contributed by atoms with Crippen LogP contribution in [0.4, 0.5) is 0 Å². The van der Waals surface area contributed by atoms with Crippen molar-refractivity contribution in [1.29, 1.82) is 0 Å². The predicted molar refractivity (Wildman–Crippen MR) is 83.2 cm³/mol. The van der Waals surface area contributed by atoms with E-state index in [1.807, 2.05) is 6.92 Å². The number of esters is 1. The van der Waals surface area contributed by atoms with Crippen LogP contribution in [0, 0.1) is 6.92 Å². The number of phenols is 1. The third-order valence-corrected chi connectivity index (χ3v) is 3.51. The second kappa shape index (κ2) is 5.60. The molecule has 0 fully saturated rings. The zero-order valence-electron chi connectivity index (χ0n) is 12.9. The molecule has 0 atom stereocenters. The lowest BCUT2D eigenvalue weighted by Gasteiger charge is -2.08. The molecular weight excluding hydrogens is 298 g/mol. The van der Waals surface area contributed by atoms with Gasteiger partial charge in [0, 0.05) is 6.07 Å². The number of phenolic OH excluding ortho intramolecular Hbond substituents is 1. The molecule has 3 aromatic rings. The van der Waals surface area contributed by atoms with Crippen LogP contribution in [0.2, 0.25) is 0 Å². The molecule has 0 saturated carbocycles. The zero-order chi connectivity index (χ0) is 16.6. The standard InChI is InChI=1S/C16H15N3O4/c1-9-6-13(14(20)8-15(9)22-2)19-17-11-5-4-10(16(21)23-3)7-12(11)18-19/h4-8,20H,1-3H3. The van der Waals surface area contributed by atoms with Crippen molar-refractivity contribution in [2.45, 2.75) is 6.92 Å². The van der Waals surface area contributed by atoms with Gasteiger partial charge < -0.3 is 14.6 Å². The van der Waals surface area contributed by atoms with E-state index in [0.717, 1.165) is 5.56 Å². The summed E-state index contributed by atoms with van der Waals surface area (Å²) in [6.07, 6.45) is 0. The van der Waals surface area contributed by atoms with Gasteiger partial charge in [-0.2, -0.15) is 0 Å². The van der Waals surface area contributed by atoms with E-state index in [-0.39, 0.29) is 5.75 Å². The molecule has 7 heteroatoms. The van der Waals surface area contributed by atoms with E-state index in [1.165, 1.54) is 25.1 Å². The quantitative estimate of drug-likeness (QED) is 0.746. The molecule has 2 aromatic carbocycles. The van der Waals surface area contributed by atoms with Gasteiger partial charge in [0.05, 0.1) is 19.8 Å². The van der Waals surface area contributed by atoms with E-state index in [0.29, 0.717) is 28.0 Å². The number of carbonyl (C=O) groups excluding carboxylic acids is 1. The first-order valence-corrected chi connectivity index (χ1v) is 6.87. The number of benzene rings is 2. The summed E-state index contributed by atoms with van der Waals surface area (Å²) in [4.78, 5) is 12.9. The number of aromatic nitrogens is 3. The highest BCUT2D eigenvalue weighted by Crippen LogP contribution is 2.30. The minimum Gasteiger partial charge on any atom is -0.505 e. The van der Waals surface area contributed by atoms with Gasteiger partial charge >= 0.3 is 5.97 Å². The average Bonchev–Trinajstić information content (AvgIpc) is 2.98. The smallest absolute Gasteiger partial charge is 0.337 e. The Kier molecular flexibility index (Phi) is 3.61. The van der Waals surface area contributed by atoms with Crippen molar-refractivity contribution in [3.8, 4) is 17.2 Å². The maximum absolute atomic E-state index is 11.6. The van der Waals surface area contributed by atoms with Crippen LogP contribution >= 0.6 is 0 Å². The number of aromatic hydroxyl groups is 1. The number of ether oxygens (including phenoxy) is 2. The number of fused-ring (bicyclic) bond motifs is 1. The summed E-state index contributed by atoms with van der Waals surface area (Å²) >= 11 is 0. The van der Waals surface area contributed by atoms with E-state index < -0.39 is 5.97 Å². The van der Waals surface area contributed by atoms with Crippen molar-refractivity contribution in [3.05, 3.63) is 41.5 Å². The number of hydrogen-bond acceptors (Lipinski definition) is 6. The number of rotatable bonds is 3. The van der Waals surface area contributed by atoms with Gasteiger partial charge in [-0.3, -0.25) is 0 Å². The maximum atomic E-state index is 11.6. The van der Waals surface area contributed by atoms with Crippen molar-refractivity contribution in [2.24, 2.45) is 0 Å². The lowest BCUT2D eigenvalue weighted by atomic mass is 10.2. The molecule has 0 unspecified atom stereocenters. The summed E-state index contributed by atoms with van der Waals surface area (Å²) in [6, 6.07) is 8.13. The van der Waals surface area contributed by atoms with Gasteiger partial charge in [-0.05, 0) is 36.8 Å². The first-order valence-electron chi connectivity index (χ1n) is 6.87. The molecule has 118 valence electrons. The minimum atomic E-state index is -0.440. The van der Waals surface area contributed by atoms with Gasteiger partial charge in [-0.25, -0.2) is 4.79 Å². The van der Waals surface area contributed by atoms with Crippen molar-refractivity contribution in [2.75, 3.05) is 14.2 Å². The lowest BCUT2D eigenvalue weighted by molar-refractivity contribution is 0.0601. The Bertz CT molecular complexity index is 902. The molecule has 0 spiro atoms. The van der Waals surface area contributed by atoms with Crippen molar-refractivity contribution < 1.29 is 19.4 Å². The Morgan fingerprint density at radius 1 is 1.13 bits per heavy atom. The SMILES string of the molecule is COC(=O)c1ccc2nn(-c3cc(C)c(OC)cc3O)nc2c1.